The van der Waals surface area contributed by atoms with Crippen LogP contribution < -0.4 is 0 Å². The van der Waals surface area contributed by atoms with E-state index in [9.17, 15) is 9.90 Å². The molecule has 138 valence electrons. The molecule has 0 bridgehead atoms. The highest BCUT2D eigenvalue weighted by Crippen LogP contribution is 2.33. The molecule has 0 aromatic heterocycles. The predicted molar refractivity (Wildman–Crippen MR) is 108 cm³/mol. The molecule has 0 spiro atoms. The first-order valence-electron chi connectivity index (χ1n) is 9.24. The quantitative estimate of drug-likeness (QED) is 0.672. The normalized spacial score (nSPS) is 13.0. The van der Waals surface area contributed by atoms with Gasteiger partial charge in [0.05, 0.1) is 6.04 Å². The van der Waals surface area contributed by atoms with E-state index in [0.29, 0.717) is 12.8 Å². The first-order chi connectivity index (χ1) is 13.2. The Morgan fingerprint density at radius 2 is 1.30 bits per heavy atom. The van der Waals surface area contributed by atoms with E-state index >= 15 is 0 Å². The summed E-state index contributed by atoms with van der Waals surface area (Å²) in [6, 6.07) is 28.8. The van der Waals surface area contributed by atoms with Crippen LogP contribution in [-0.4, -0.2) is 23.0 Å². The molecule has 3 nitrogen and oxygen atoms in total. The van der Waals surface area contributed by atoms with Crippen LogP contribution in [0.4, 0.5) is 0 Å². The minimum absolute atomic E-state index is 0.0164. The number of carbonyl (C=O) groups excluding carboxylic acids is 1. The summed E-state index contributed by atoms with van der Waals surface area (Å²) >= 11 is 0. The molecule has 0 fully saturated rings. The van der Waals surface area contributed by atoms with Crippen LogP contribution in [0.3, 0.4) is 0 Å². The Labute approximate surface area is 160 Å². The highest BCUT2D eigenvalue weighted by atomic mass is 16.3. The molecule has 0 aliphatic rings. The number of rotatable bonds is 7. The van der Waals surface area contributed by atoms with Crippen LogP contribution in [0.15, 0.2) is 91.0 Å². The fourth-order valence-corrected chi connectivity index (χ4v) is 3.33. The molecule has 3 aromatic carbocycles. The van der Waals surface area contributed by atoms with Crippen molar-refractivity contribution in [3.63, 3.8) is 0 Å². The molecule has 1 N–H and O–H groups in total. The van der Waals surface area contributed by atoms with Crippen LogP contribution >= 0.6 is 0 Å². The molecule has 3 rings (SSSR count). The van der Waals surface area contributed by atoms with E-state index in [1.165, 1.54) is 0 Å². The summed E-state index contributed by atoms with van der Waals surface area (Å²) < 4.78 is 0. The van der Waals surface area contributed by atoms with Gasteiger partial charge in [0.2, 0.25) is 5.91 Å². The van der Waals surface area contributed by atoms with Crippen molar-refractivity contribution in [1.29, 1.82) is 0 Å². The summed E-state index contributed by atoms with van der Waals surface area (Å²) in [5, 5.41) is 11.0. The molecule has 2 atom stereocenters. The van der Waals surface area contributed by atoms with E-state index in [0.717, 1.165) is 16.7 Å². The maximum Gasteiger partial charge on any atom is 0.223 e. The standard InChI is InChI=1S/C24H25NO2/c1-25(22(26)18-17-19-11-5-2-6-12-19)23(20-13-7-3-8-14-20)24(27)21-15-9-4-10-16-21/h2-16,23-24,27H,17-18H2,1H3/t23-,24-/m0/s1. The Hall–Kier alpha value is -2.91. The monoisotopic (exact) mass is 359 g/mol. The highest BCUT2D eigenvalue weighted by Gasteiger charge is 2.29. The number of aliphatic hydroxyl groups is 1. The lowest BCUT2D eigenvalue weighted by Gasteiger charge is -2.33. The number of benzene rings is 3. The van der Waals surface area contributed by atoms with Gasteiger partial charge in [0, 0.05) is 13.5 Å². The lowest BCUT2D eigenvalue weighted by molar-refractivity contribution is -0.134. The van der Waals surface area contributed by atoms with E-state index in [1.807, 2.05) is 91.0 Å². The molecule has 0 saturated heterocycles. The van der Waals surface area contributed by atoms with Crippen LogP contribution in [-0.2, 0) is 11.2 Å². The van der Waals surface area contributed by atoms with Crippen LogP contribution in [0.1, 0.15) is 35.3 Å². The first kappa shape index (κ1) is 18.9. The van der Waals surface area contributed by atoms with Crippen molar-refractivity contribution in [3.8, 4) is 0 Å². The van der Waals surface area contributed by atoms with Crippen molar-refractivity contribution < 1.29 is 9.90 Å². The van der Waals surface area contributed by atoms with Crippen molar-refractivity contribution >= 4 is 5.91 Å². The van der Waals surface area contributed by atoms with E-state index < -0.39 is 12.1 Å². The van der Waals surface area contributed by atoms with Gasteiger partial charge in [0.15, 0.2) is 0 Å². The number of nitrogens with zero attached hydrogens (tertiary/aromatic N) is 1. The Balaban J connectivity index is 1.80. The second-order valence-electron chi connectivity index (χ2n) is 6.70. The molecule has 0 aliphatic carbocycles. The number of carbonyl (C=O) groups is 1. The third-order valence-electron chi connectivity index (χ3n) is 4.86. The molecule has 0 heterocycles. The molecular weight excluding hydrogens is 334 g/mol. The molecule has 1 amide bonds. The lowest BCUT2D eigenvalue weighted by Crippen LogP contribution is -2.35. The van der Waals surface area contributed by atoms with E-state index in [2.05, 4.69) is 0 Å². The number of aliphatic hydroxyl groups excluding tert-OH is 1. The van der Waals surface area contributed by atoms with Gasteiger partial charge < -0.3 is 10.0 Å². The van der Waals surface area contributed by atoms with Crippen LogP contribution in [0.5, 0.6) is 0 Å². The number of hydrogen-bond donors (Lipinski definition) is 1. The van der Waals surface area contributed by atoms with Crippen molar-refractivity contribution in [3.05, 3.63) is 108 Å². The average molecular weight is 359 g/mol. The maximum absolute atomic E-state index is 12.9. The van der Waals surface area contributed by atoms with Crippen LogP contribution in [0.25, 0.3) is 0 Å². The predicted octanol–water partition coefficient (Wildman–Crippen LogP) is 4.55. The van der Waals surface area contributed by atoms with Crippen LogP contribution in [0.2, 0.25) is 0 Å². The molecule has 0 aliphatic heterocycles. The molecule has 0 saturated carbocycles. The van der Waals surface area contributed by atoms with E-state index in [-0.39, 0.29) is 5.91 Å². The first-order valence-corrected chi connectivity index (χ1v) is 9.24. The smallest absolute Gasteiger partial charge is 0.223 e. The fourth-order valence-electron chi connectivity index (χ4n) is 3.33. The summed E-state index contributed by atoms with van der Waals surface area (Å²) in [5.74, 6) is 0.0164. The van der Waals surface area contributed by atoms with Gasteiger partial charge in [-0.3, -0.25) is 4.79 Å². The topological polar surface area (TPSA) is 40.5 Å². The van der Waals surface area contributed by atoms with Gasteiger partial charge in [0.25, 0.3) is 0 Å². The lowest BCUT2D eigenvalue weighted by atomic mass is 9.94. The Bertz CT molecular complexity index is 834. The van der Waals surface area contributed by atoms with Crippen molar-refractivity contribution in [2.75, 3.05) is 7.05 Å². The number of amides is 1. The number of aryl methyl sites for hydroxylation is 1. The van der Waals surface area contributed by atoms with Crippen molar-refractivity contribution in [2.24, 2.45) is 0 Å². The van der Waals surface area contributed by atoms with Gasteiger partial charge in [-0.05, 0) is 23.1 Å². The Morgan fingerprint density at radius 1 is 0.815 bits per heavy atom. The summed E-state index contributed by atoms with van der Waals surface area (Å²) in [7, 11) is 1.77. The zero-order valence-electron chi connectivity index (χ0n) is 15.5. The fraction of sp³-hybridized carbons (Fsp3) is 0.208. The Morgan fingerprint density at radius 3 is 1.85 bits per heavy atom. The zero-order chi connectivity index (χ0) is 19.1. The van der Waals surface area contributed by atoms with Gasteiger partial charge >= 0.3 is 0 Å². The third-order valence-corrected chi connectivity index (χ3v) is 4.86. The van der Waals surface area contributed by atoms with Crippen molar-refractivity contribution in [2.45, 2.75) is 25.0 Å². The number of likely N-dealkylation sites (N-methyl/N-ethyl adjacent to an activating group) is 1. The van der Waals surface area contributed by atoms with Gasteiger partial charge in [0.1, 0.15) is 6.10 Å². The summed E-state index contributed by atoms with van der Waals surface area (Å²) in [5.41, 5.74) is 2.86. The third kappa shape index (κ3) is 4.83. The van der Waals surface area contributed by atoms with Crippen LogP contribution in [0, 0.1) is 0 Å². The van der Waals surface area contributed by atoms with Gasteiger partial charge in [-0.15, -0.1) is 0 Å². The van der Waals surface area contributed by atoms with Gasteiger partial charge in [-0.1, -0.05) is 91.0 Å². The molecule has 27 heavy (non-hydrogen) atoms. The number of hydrogen-bond acceptors (Lipinski definition) is 2. The second kappa shape index (κ2) is 9.15. The van der Waals surface area contributed by atoms with E-state index in [4.69, 9.17) is 0 Å². The van der Waals surface area contributed by atoms with E-state index in [1.54, 1.807) is 11.9 Å². The molecule has 3 aromatic rings. The molecule has 3 heteroatoms. The molecule has 0 unspecified atom stereocenters. The summed E-state index contributed by atoms with van der Waals surface area (Å²) in [6.07, 6.45) is 0.303. The zero-order valence-corrected chi connectivity index (χ0v) is 15.5. The highest BCUT2D eigenvalue weighted by molar-refractivity contribution is 5.76. The Kier molecular flexibility index (Phi) is 6.39. The van der Waals surface area contributed by atoms with Crippen molar-refractivity contribution in [1.82, 2.24) is 4.90 Å². The van der Waals surface area contributed by atoms with Gasteiger partial charge in [-0.2, -0.15) is 0 Å². The molecular formula is C24H25NO2. The summed E-state index contributed by atoms with van der Waals surface area (Å²) in [4.78, 5) is 14.6. The minimum Gasteiger partial charge on any atom is -0.386 e. The largest absolute Gasteiger partial charge is 0.386 e. The average Bonchev–Trinajstić information content (AvgIpc) is 2.74. The SMILES string of the molecule is CN(C(=O)CCc1ccccc1)[C@@H](c1ccccc1)[C@@H](O)c1ccccc1. The maximum atomic E-state index is 12.9. The minimum atomic E-state index is -0.792. The molecule has 0 radical (unpaired) electrons. The second-order valence-corrected chi connectivity index (χ2v) is 6.70. The summed E-state index contributed by atoms with van der Waals surface area (Å²) in [6.45, 7) is 0. The van der Waals surface area contributed by atoms with Gasteiger partial charge in [-0.25, -0.2) is 0 Å².